The fraction of sp³-hybridized carbons (Fsp3) is 0.429. The maximum Gasteiger partial charge on any atom is 0.415 e. The summed E-state index contributed by atoms with van der Waals surface area (Å²) in [6.45, 7) is 4.54. The van der Waals surface area contributed by atoms with Crippen molar-refractivity contribution in [3.63, 3.8) is 0 Å². The van der Waals surface area contributed by atoms with Gasteiger partial charge in [0.1, 0.15) is 12.4 Å². The highest BCUT2D eigenvalue weighted by atomic mass is 35.5. The molecule has 1 saturated heterocycles. The lowest BCUT2D eigenvalue weighted by Crippen LogP contribution is -2.49. The van der Waals surface area contributed by atoms with Gasteiger partial charge in [0.25, 0.3) is 5.91 Å². The number of ether oxygens (including phenoxy) is 2. The van der Waals surface area contributed by atoms with Crippen LogP contribution in [0.5, 0.6) is 5.75 Å². The number of amides is 2. The molecule has 0 spiro atoms. The molecule has 0 bridgehead atoms. The summed E-state index contributed by atoms with van der Waals surface area (Å²) in [6.07, 6.45) is -1.76. The van der Waals surface area contributed by atoms with Crippen molar-refractivity contribution in [3.05, 3.63) is 22.7 Å². The molecule has 3 rings (SSSR count). The third-order valence-electron chi connectivity index (χ3n) is 3.86. The van der Waals surface area contributed by atoms with Gasteiger partial charge in [-0.15, -0.1) is 0 Å². The average molecular weight is 311 g/mol. The van der Waals surface area contributed by atoms with Crippen LogP contribution in [0.2, 0.25) is 5.02 Å². The van der Waals surface area contributed by atoms with E-state index in [1.165, 1.54) is 0 Å². The summed E-state index contributed by atoms with van der Waals surface area (Å²) in [5.74, 6) is 0.0799. The van der Waals surface area contributed by atoms with Gasteiger partial charge in [-0.05, 0) is 19.9 Å². The van der Waals surface area contributed by atoms with Crippen molar-refractivity contribution in [3.8, 4) is 5.75 Å². The highest BCUT2D eigenvalue weighted by Crippen LogP contribution is 2.45. The van der Waals surface area contributed by atoms with Crippen molar-refractivity contribution in [1.82, 2.24) is 5.32 Å². The van der Waals surface area contributed by atoms with Gasteiger partial charge in [-0.3, -0.25) is 10.1 Å². The first kappa shape index (κ1) is 14.0. The second-order valence-corrected chi connectivity index (χ2v) is 6.21. The van der Waals surface area contributed by atoms with Crippen molar-refractivity contribution in [1.29, 1.82) is 0 Å². The van der Waals surface area contributed by atoms with Gasteiger partial charge in [0.2, 0.25) is 6.10 Å². The summed E-state index contributed by atoms with van der Waals surface area (Å²) in [5, 5.41) is 2.55. The normalized spacial score (nSPS) is 23.2. The molecule has 2 aliphatic heterocycles. The molecule has 1 aromatic rings. The van der Waals surface area contributed by atoms with E-state index in [-0.39, 0.29) is 5.54 Å². The standard InChI is InChI=1S/C14H15ClN2O4/c1-14(2)6-20-9-5-7(15)4-8(10(9)17(14)3)11-12(18)16-13(19)21-11/h4-5,11H,6H2,1-3H3,(H,16,18,19). The number of nitrogens with zero attached hydrogens (tertiary/aromatic N) is 1. The van der Waals surface area contributed by atoms with Crippen molar-refractivity contribution in [2.75, 3.05) is 18.6 Å². The zero-order chi connectivity index (χ0) is 15.4. The molecule has 0 aliphatic carbocycles. The zero-order valence-corrected chi connectivity index (χ0v) is 12.7. The lowest BCUT2D eigenvalue weighted by Gasteiger charge is -2.43. The number of imide groups is 1. The van der Waals surface area contributed by atoms with Gasteiger partial charge in [0.05, 0.1) is 11.2 Å². The number of fused-ring (bicyclic) bond motifs is 1. The van der Waals surface area contributed by atoms with Gasteiger partial charge in [-0.1, -0.05) is 11.6 Å². The van der Waals surface area contributed by atoms with Crippen LogP contribution < -0.4 is 15.0 Å². The minimum absolute atomic E-state index is 0.255. The molecular weight excluding hydrogens is 296 g/mol. The molecule has 6 nitrogen and oxygen atoms in total. The molecule has 1 N–H and O–H groups in total. The summed E-state index contributed by atoms with van der Waals surface area (Å²) in [7, 11) is 1.91. The summed E-state index contributed by atoms with van der Waals surface area (Å²) < 4.78 is 10.8. The van der Waals surface area contributed by atoms with Gasteiger partial charge in [0.15, 0.2) is 0 Å². The van der Waals surface area contributed by atoms with Crippen molar-refractivity contribution in [2.45, 2.75) is 25.5 Å². The number of rotatable bonds is 1. The first-order valence-electron chi connectivity index (χ1n) is 6.51. The van der Waals surface area contributed by atoms with E-state index in [1.54, 1.807) is 12.1 Å². The number of nitrogens with one attached hydrogen (secondary N) is 1. The van der Waals surface area contributed by atoms with Crippen molar-refractivity contribution < 1.29 is 19.1 Å². The van der Waals surface area contributed by atoms with E-state index in [0.29, 0.717) is 28.6 Å². The highest BCUT2D eigenvalue weighted by molar-refractivity contribution is 6.31. The number of hydrogen-bond donors (Lipinski definition) is 1. The van der Waals surface area contributed by atoms with Gasteiger partial charge in [0, 0.05) is 23.7 Å². The number of alkyl carbamates (subject to hydrolysis) is 1. The van der Waals surface area contributed by atoms with E-state index in [4.69, 9.17) is 21.1 Å². The minimum atomic E-state index is -1.01. The van der Waals surface area contributed by atoms with Gasteiger partial charge >= 0.3 is 6.09 Å². The lowest BCUT2D eigenvalue weighted by atomic mass is 9.97. The molecule has 2 aliphatic rings. The van der Waals surface area contributed by atoms with Gasteiger partial charge in [-0.2, -0.15) is 0 Å². The van der Waals surface area contributed by atoms with Crippen LogP contribution in [0, 0.1) is 0 Å². The van der Waals surface area contributed by atoms with Gasteiger partial charge < -0.3 is 14.4 Å². The van der Waals surface area contributed by atoms with Crippen LogP contribution >= 0.6 is 11.6 Å². The fourth-order valence-electron chi connectivity index (χ4n) is 2.48. The number of anilines is 1. The molecule has 0 radical (unpaired) electrons. The molecule has 2 amide bonds. The molecule has 0 aromatic heterocycles. The summed E-state index contributed by atoms with van der Waals surface area (Å²) in [4.78, 5) is 25.2. The van der Waals surface area contributed by atoms with Crippen LogP contribution in [0.15, 0.2) is 12.1 Å². The van der Waals surface area contributed by atoms with Crippen LogP contribution in [0.3, 0.4) is 0 Å². The molecule has 21 heavy (non-hydrogen) atoms. The Labute approximate surface area is 127 Å². The molecule has 0 saturated carbocycles. The number of benzene rings is 1. The van der Waals surface area contributed by atoms with Gasteiger partial charge in [-0.25, -0.2) is 4.79 Å². The first-order valence-corrected chi connectivity index (χ1v) is 6.89. The van der Waals surface area contributed by atoms with E-state index in [2.05, 4.69) is 5.32 Å². The predicted octanol–water partition coefficient (Wildman–Crippen LogP) is 2.25. The molecule has 1 atom stereocenters. The Morgan fingerprint density at radius 1 is 1.38 bits per heavy atom. The Kier molecular flexibility index (Phi) is 3.02. The summed E-state index contributed by atoms with van der Waals surface area (Å²) in [6, 6.07) is 3.32. The molecule has 1 aromatic carbocycles. The molecule has 1 fully saturated rings. The Morgan fingerprint density at radius 3 is 2.71 bits per heavy atom. The molecule has 112 valence electrons. The van der Waals surface area contributed by atoms with Crippen LogP contribution in [-0.2, 0) is 9.53 Å². The number of carbonyl (C=O) groups is 2. The second-order valence-electron chi connectivity index (χ2n) is 5.78. The van der Waals surface area contributed by atoms with Crippen LogP contribution in [0.4, 0.5) is 10.5 Å². The topological polar surface area (TPSA) is 67.9 Å². The number of likely N-dealkylation sites (N-methyl/N-ethyl adjacent to an activating group) is 1. The third kappa shape index (κ3) is 2.19. The average Bonchev–Trinajstić information content (AvgIpc) is 2.72. The first-order chi connectivity index (χ1) is 9.79. The number of carbonyl (C=O) groups excluding carboxylic acids is 2. The maximum atomic E-state index is 11.9. The number of hydrogen-bond acceptors (Lipinski definition) is 5. The molecule has 1 unspecified atom stereocenters. The largest absolute Gasteiger partial charge is 0.489 e. The maximum absolute atomic E-state index is 11.9. The minimum Gasteiger partial charge on any atom is -0.489 e. The van der Waals surface area contributed by atoms with E-state index in [1.807, 2.05) is 25.8 Å². The van der Waals surface area contributed by atoms with E-state index < -0.39 is 18.1 Å². The molecule has 2 heterocycles. The number of halogens is 1. The van der Waals surface area contributed by atoms with Crippen molar-refractivity contribution in [2.24, 2.45) is 0 Å². The molecule has 7 heteroatoms. The SMILES string of the molecule is CN1c2c(cc(Cl)cc2C2OC(=O)NC2=O)OCC1(C)C. The van der Waals surface area contributed by atoms with E-state index in [0.717, 1.165) is 0 Å². The van der Waals surface area contributed by atoms with E-state index >= 15 is 0 Å². The van der Waals surface area contributed by atoms with E-state index in [9.17, 15) is 9.59 Å². The quantitative estimate of drug-likeness (QED) is 0.861. The lowest BCUT2D eigenvalue weighted by molar-refractivity contribution is -0.123. The number of cyclic esters (lactones) is 1. The zero-order valence-electron chi connectivity index (χ0n) is 11.9. The Hall–Kier alpha value is -1.95. The smallest absolute Gasteiger partial charge is 0.415 e. The van der Waals surface area contributed by atoms with Crippen molar-refractivity contribution >= 4 is 29.3 Å². The fourth-order valence-corrected chi connectivity index (χ4v) is 2.69. The summed E-state index contributed by atoms with van der Waals surface area (Å²) in [5.41, 5.74) is 0.982. The summed E-state index contributed by atoms with van der Waals surface area (Å²) >= 11 is 6.09. The predicted molar refractivity (Wildman–Crippen MR) is 76.8 cm³/mol. The van der Waals surface area contributed by atoms with Crippen LogP contribution in [0.1, 0.15) is 25.5 Å². The Morgan fingerprint density at radius 2 is 2.10 bits per heavy atom. The second kappa shape index (κ2) is 4.53. The highest BCUT2D eigenvalue weighted by Gasteiger charge is 2.40. The molecular formula is C14H15ClN2O4. The third-order valence-corrected chi connectivity index (χ3v) is 4.08. The Bertz CT molecular complexity index is 644. The van der Waals surface area contributed by atoms with Crippen LogP contribution in [-0.4, -0.2) is 31.2 Å². The Balaban J connectivity index is 2.15. The monoisotopic (exact) mass is 310 g/mol. The van der Waals surface area contributed by atoms with Crippen LogP contribution in [0.25, 0.3) is 0 Å².